The maximum absolute atomic E-state index is 5.87. The Kier molecular flexibility index (Phi) is 6.93. The van der Waals surface area contributed by atoms with Crippen LogP contribution in [-0.4, -0.2) is 36.8 Å². The molecule has 0 saturated carbocycles. The Bertz CT molecular complexity index is 562. The van der Waals surface area contributed by atoms with Gasteiger partial charge in [-0.2, -0.15) is 4.98 Å². The van der Waals surface area contributed by atoms with Crippen LogP contribution < -0.4 is 10.6 Å². The molecular formula is C16H21ClN4O. The Balaban J connectivity index is 1.76. The molecule has 0 unspecified atom stereocenters. The van der Waals surface area contributed by atoms with Gasteiger partial charge in [0.1, 0.15) is 5.82 Å². The second-order valence-electron chi connectivity index (χ2n) is 4.84. The minimum Gasteiger partial charge on any atom is -0.385 e. The number of hydrogen-bond acceptors (Lipinski definition) is 5. The lowest BCUT2D eigenvalue weighted by atomic mass is 10.1. The Morgan fingerprint density at radius 2 is 1.91 bits per heavy atom. The maximum Gasteiger partial charge on any atom is 0.224 e. The van der Waals surface area contributed by atoms with E-state index in [1.165, 1.54) is 5.56 Å². The normalized spacial score (nSPS) is 10.5. The van der Waals surface area contributed by atoms with Crippen molar-refractivity contribution < 1.29 is 4.74 Å². The van der Waals surface area contributed by atoms with Crippen LogP contribution in [0.2, 0.25) is 5.02 Å². The fraction of sp³-hybridized carbons (Fsp3) is 0.375. The number of rotatable bonds is 9. The van der Waals surface area contributed by atoms with E-state index in [2.05, 4.69) is 20.6 Å². The monoisotopic (exact) mass is 320 g/mol. The molecule has 0 aliphatic carbocycles. The first-order valence-corrected chi connectivity index (χ1v) is 7.70. The van der Waals surface area contributed by atoms with Gasteiger partial charge in [0.25, 0.3) is 0 Å². The molecule has 0 saturated heterocycles. The second kappa shape index (κ2) is 9.23. The maximum atomic E-state index is 5.87. The molecule has 0 spiro atoms. The van der Waals surface area contributed by atoms with Crippen molar-refractivity contribution in [1.29, 1.82) is 0 Å². The SMILES string of the molecule is COCCCNc1ccnc(NCCc2ccc(Cl)cc2)n1. The summed E-state index contributed by atoms with van der Waals surface area (Å²) in [5.74, 6) is 1.45. The molecule has 0 fully saturated rings. The first-order valence-electron chi connectivity index (χ1n) is 7.32. The summed E-state index contributed by atoms with van der Waals surface area (Å²) in [5, 5.41) is 7.23. The van der Waals surface area contributed by atoms with Gasteiger partial charge >= 0.3 is 0 Å². The van der Waals surface area contributed by atoms with Gasteiger partial charge in [-0.15, -0.1) is 0 Å². The molecule has 0 bridgehead atoms. The molecule has 6 heteroatoms. The van der Waals surface area contributed by atoms with Gasteiger partial charge in [-0.1, -0.05) is 23.7 Å². The fourth-order valence-corrected chi connectivity index (χ4v) is 2.07. The van der Waals surface area contributed by atoms with Crippen molar-refractivity contribution >= 4 is 23.4 Å². The number of benzene rings is 1. The van der Waals surface area contributed by atoms with Crippen LogP contribution in [0.25, 0.3) is 0 Å². The number of halogens is 1. The van der Waals surface area contributed by atoms with E-state index in [1.54, 1.807) is 13.3 Å². The largest absolute Gasteiger partial charge is 0.385 e. The minimum atomic E-state index is 0.630. The molecule has 0 atom stereocenters. The molecule has 2 rings (SSSR count). The molecule has 0 aliphatic rings. The van der Waals surface area contributed by atoms with Gasteiger partial charge < -0.3 is 15.4 Å². The summed E-state index contributed by atoms with van der Waals surface area (Å²) in [7, 11) is 1.70. The van der Waals surface area contributed by atoms with Gasteiger partial charge in [0.2, 0.25) is 5.95 Å². The number of ether oxygens (including phenoxy) is 1. The Labute approximate surface area is 136 Å². The molecular weight excluding hydrogens is 300 g/mol. The molecule has 0 amide bonds. The predicted molar refractivity (Wildman–Crippen MR) is 90.7 cm³/mol. The zero-order valence-electron chi connectivity index (χ0n) is 12.7. The summed E-state index contributed by atoms with van der Waals surface area (Å²) >= 11 is 5.87. The fourth-order valence-electron chi connectivity index (χ4n) is 1.95. The zero-order chi connectivity index (χ0) is 15.6. The van der Waals surface area contributed by atoms with Gasteiger partial charge in [-0.3, -0.25) is 0 Å². The highest BCUT2D eigenvalue weighted by molar-refractivity contribution is 6.30. The molecule has 1 aromatic carbocycles. The van der Waals surface area contributed by atoms with Crippen LogP contribution in [-0.2, 0) is 11.2 Å². The van der Waals surface area contributed by atoms with Crippen molar-refractivity contribution in [3.05, 3.63) is 47.1 Å². The molecule has 0 aliphatic heterocycles. The van der Waals surface area contributed by atoms with Gasteiger partial charge in [0.15, 0.2) is 0 Å². The lowest BCUT2D eigenvalue weighted by Crippen LogP contribution is -2.10. The van der Waals surface area contributed by atoms with E-state index in [4.69, 9.17) is 16.3 Å². The number of nitrogens with one attached hydrogen (secondary N) is 2. The summed E-state index contributed by atoms with van der Waals surface area (Å²) in [4.78, 5) is 8.64. The Morgan fingerprint density at radius 1 is 1.09 bits per heavy atom. The van der Waals surface area contributed by atoms with Crippen molar-refractivity contribution in [2.45, 2.75) is 12.8 Å². The van der Waals surface area contributed by atoms with Crippen LogP contribution in [0.15, 0.2) is 36.5 Å². The topological polar surface area (TPSA) is 59.1 Å². The number of nitrogens with zero attached hydrogens (tertiary/aromatic N) is 2. The van der Waals surface area contributed by atoms with Crippen LogP contribution in [0, 0.1) is 0 Å². The minimum absolute atomic E-state index is 0.630. The lowest BCUT2D eigenvalue weighted by molar-refractivity contribution is 0.198. The summed E-state index contributed by atoms with van der Waals surface area (Å²) < 4.78 is 5.01. The standard InChI is InChI=1S/C16H21ClN4O/c1-22-12-2-9-18-15-8-11-20-16(21-15)19-10-7-13-3-5-14(17)6-4-13/h3-6,8,11H,2,7,9-10,12H2,1H3,(H2,18,19,20,21). The number of hydrogen-bond donors (Lipinski definition) is 2. The molecule has 22 heavy (non-hydrogen) atoms. The molecule has 2 N–H and O–H groups in total. The van der Waals surface area contributed by atoms with E-state index in [9.17, 15) is 0 Å². The molecule has 1 heterocycles. The number of methoxy groups -OCH3 is 1. The summed E-state index contributed by atoms with van der Waals surface area (Å²) in [6, 6.07) is 9.71. The molecule has 118 valence electrons. The van der Waals surface area contributed by atoms with Crippen molar-refractivity contribution in [1.82, 2.24) is 9.97 Å². The van der Waals surface area contributed by atoms with Crippen molar-refractivity contribution in [3.8, 4) is 0 Å². The third-order valence-electron chi connectivity index (χ3n) is 3.10. The summed E-state index contributed by atoms with van der Waals surface area (Å²) in [6.45, 7) is 2.34. The first-order chi connectivity index (χ1) is 10.8. The highest BCUT2D eigenvalue weighted by atomic mass is 35.5. The zero-order valence-corrected chi connectivity index (χ0v) is 13.4. The van der Waals surface area contributed by atoms with Gasteiger partial charge in [0, 0.05) is 38.0 Å². The van der Waals surface area contributed by atoms with E-state index in [0.717, 1.165) is 43.4 Å². The summed E-state index contributed by atoms with van der Waals surface area (Å²) in [5.41, 5.74) is 1.23. The third kappa shape index (κ3) is 5.87. The highest BCUT2D eigenvalue weighted by Crippen LogP contribution is 2.10. The average Bonchev–Trinajstić information content (AvgIpc) is 2.54. The molecule has 2 aromatic rings. The average molecular weight is 321 g/mol. The van der Waals surface area contributed by atoms with Gasteiger partial charge in [-0.05, 0) is 36.6 Å². The smallest absolute Gasteiger partial charge is 0.224 e. The van der Waals surface area contributed by atoms with E-state index in [0.29, 0.717) is 5.95 Å². The van der Waals surface area contributed by atoms with Crippen molar-refractivity contribution in [3.63, 3.8) is 0 Å². The van der Waals surface area contributed by atoms with E-state index < -0.39 is 0 Å². The lowest BCUT2D eigenvalue weighted by Gasteiger charge is -2.08. The van der Waals surface area contributed by atoms with E-state index in [1.807, 2.05) is 30.3 Å². The van der Waals surface area contributed by atoms with Gasteiger partial charge in [-0.25, -0.2) is 4.98 Å². The van der Waals surface area contributed by atoms with Crippen LogP contribution >= 0.6 is 11.6 Å². The third-order valence-corrected chi connectivity index (χ3v) is 3.35. The van der Waals surface area contributed by atoms with Crippen LogP contribution in [0.5, 0.6) is 0 Å². The quantitative estimate of drug-likeness (QED) is 0.695. The van der Waals surface area contributed by atoms with Crippen LogP contribution in [0.4, 0.5) is 11.8 Å². The molecule has 5 nitrogen and oxygen atoms in total. The summed E-state index contributed by atoms with van der Waals surface area (Å²) in [6.07, 6.45) is 3.59. The molecule has 1 aromatic heterocycles. The van der Waals surface area contributed by atoms with E-state index >= 15 is 0 Å². The number of anilines is 2. The van der Waals surface area contributed by atoms with Crippen LogP contribution in [0.3, 0.4) is 0 Å². The van der Waals surface area contributed by atoms with Crippen molar-refractivity contribution in [2.75, 3.05) is 37.4 Å². The van der Waals surface area contributed by atoms with Gasteiger partial charge in [0.05, 0.1) is 0 Å². The van der Waals surface area contributed by atoms with Crippen molar-refractivity contribution in [2.24, 2.45) is 0 Å². The van der Waals surface area contributed by atoms with E-state index in [-0.39, 0.29) is 0 Å². The highest BCUT2D eigenvalue weighted by Gasteiger charge is 1.99. The first kappa shape index (κ1) is 16.5. The predicted octanol–water partition coefficient (Wildman–Crippen LogP) is 3.23. The molecule has 0 radical (unpaired) electrons. The Hall–Kier alpha value is -1.85. The number of aromatic nitrogens is 2. The second-order valence-corrected chi connectivity index (χ2v) is 5.28. The van der Waals surface area contributed by atoms with Crippen LogP contribution in [0.1, 0.15) is 12.0 Å². The Morgan fingerprint density at radius 3 is 2.68 bits per heavy atom.